The van der Waals surface area contributed by atoms with Crippen molar-refractivity contribution in [1.29, 1.82) is 0 Å². The van der Waals surface area contributed by atoms with Gasteiger partial charge in [0.1, 0.15) is 5.82 Å². The third kappa shape index (κ3) is 3.99. The fourth-order valence-electron chi connectivity index (χ4n) is 1.27. The Morgan fingerprint density at radius 3 is 2.00 bits per heavy atom. The normalized spacial score (nSPS) is 12.7. The summed E-state index contributed by atoms with van der Waals surface area (Å²) in [6.45, 7) is 0. The first-order chi connectivity index (χ1) is 8.93. The molecule has 0 aliphatic rings. The maximum atomic E-state index is 12.8. The van der Waals surface area contributed by atoms with Crippen molar-refractivity contribution < 1.29 is 35.5 Å². The number of anilines is 1. The van der Waals surface area contributed by atoms with Crippen LogP contribution in [0.5, 0.6) is 0 Å². The first kappa shape index (κ1) is 16.5. The Bertz CT molecular complexity index is 497. The highest BCUT2D eigenvalue weighted by Crippen LogP contribution is 2.40. The molecule has 0 unspecified atom stereocenters. The Kier molecular flexibility index (Phi) is 4.52. The molecule has 0 radical (unpaired) electrons. The summed E-state index contributed by atoms with van der Waals surface area (Å²) in [5.74, 6) is -7.45. The predicted molar refractivity (Wildman–Crippen MR) is 55.6 cm³/mol. The van der Waals surface area contributed by atoms with Gasteiger partial charge in [0.2, 0.25) is 11.8 Å². The zero-order valence-corrected chi connectivity index (χ0v) is 10.00. The summed E-state index contributed by atoms with van der Waals surface area (Å²) in [4.78, 5) is 11.1. The number of hydrogen-bond acceptors (Lipinski definition) is 1. The third-order valence-corrected chi connectivity index (χ3v) is 2.39. The molecule has 0 heterocycles. The van der Waals surface area contributed by atoms with Crippen LogP contribution in [0.25, 0.3) is 0 Å². The number of benzene rings is 1. The van der Waals surface area contributed by atoms with Crippen LogP contribution in [-0.2, 0) is 4.79 Å². The van der Waals surface area contributed by atoms with E-state index in [2.05, 4.69) is 0 Å². The monoisotopic (exact) mass is 323 g/mol. The third-order valence-electron chi connectivity index (χ3n) is 2.10. The molecular formula is C10H5ClF7NO. The minimum Gasteiger partial charge on any atom is -0.325 e. The van der Waals surface area contributed by atoms with E-state index in [-0.39, 0.29) is 0 Å². The molecule has 0 atom stereocenters. The molecule has 1 aromatic rings. The largest absolute Gasteiger partial charge is 0.409 e. The van der Waals surface area contributed by atoms with Gasteiger partial charge in [-0.3, -0.25) is 4.79 Å². The maximum absolute atomic E-state index is 12.8. The number of alkyl halides is 6. The molecule has 1 N–H and O–H groups in total. The minimum absolute atomic E-state index is 0.486. The highest BCUT2D eigenvalue weighted by atomic mass is 35.5. The van der Waals surface area contributed by atoms with Crippen LogP contribution in [0.15, 0.2) is 18.2 Å². The molecule has 1 amide bonds. The summed E-state index contributed by atoms with van der Waals surface area (Å²) in [7, 11) is 0. The lowest BCUT2D eigenvalue weighted by Crippen LogP contribution is -2.45. The molecule has 2 nitrogen and oxygen atoms in total. The van der Waals surface area contributed by atoms with Crippen molar-refractivity contribution in [3.05, 3.63) is 29.0 Å². The highest BCUT2D eigenvalue weighted by molar-refractivity contribution is 6.31. The molecule has 20 heavy (non-hydrogen) atoms. The van der Waals surface area contributed by atoms with Gasteiger partial charge in [0.25, 0.3) is 0 Å². The van der Waals surface area contributed by atoms with Crippen LogP contribution in [0.1, 0.15) is 0 Å². The molecule has 1 rings (SSSR count). The lowest BCUT2D eigenvalue weighted by molar-refractivity contribution is -0.272. The van der Waals surface area contributed by atoms with Crippen LogP contribution in [0.4, 0.5) is 36.4 Å². The fourth-order valence-corrected chi connectivity index (χ4v) is 1.45. The maximum Gasteiger partial charge on any atom is 0.409 e. The molecular weight excluding hydrogens is 319 g/mol. The van der Waals surface area contributed by atoms with E-state index >= 15 is 0 Å². The molecule has 112 valence electrons. The number of nitrogens with one attached hydrogen (secondary N) is 1. The van der Waals surface area contributed by atoms with Gasteiger partial charge in [0.05, 0.1) is 5.02 Å². The summed E-state index contributed by atoms with van der Waals surface area (Å²) in [5.41, 5.74) is -0.486. The summed E-state index contributed by atoms with van der Waals surface area (Å²) in [6.07, 6.45) is -11.6. The average Bonchev–Trinajstić information content (AvgIpc) is 2.18. The smallest absolute Gasteiger partial charge is 0.325 e. The van der Waals surface area contributed by atoms with Gasteiger partial charge in [-0.05, 0) is 18.2 Å². The van der Waals surface area contributed by atoms with E-state index in [0.29, 0.717) is 12.1 Å². The molecule has 0 saturated heterocycles. The van der Waals surface area contributed by atoms with Crippen molar-refractivity contribution in [2.45, 2.75) is 12.4 Å². The quantitative estimate of drug-likeness (QED) is 0.814. The molecule has 10 heteroatoms. The van der Waals surface area contributed by atoms with E-state index < -0.39 is 40.7 Å². The van der Waals surface area contributed by atoms with Crippen LogP contribution < -0.4 is 5.32 Å². The van der Waals surface area contributed by atoms with Crippen molar-refractivity contribution >= 4 is 23.2 Å². The van der Waals surface area contributed by atoms with Crippen LogP contribution in [0.2, 0.25) is 5.02 Å². The van der Waals surface area contributed by atoms with Gasteiger partial charge in [0.15, 0.2) is 0 Å². The molecule has 0 aliphatic carbocycles. The SMILES string of the molecule is O=C(Nc1ccc(F)c(Cl)c1)C(C(F)(F)F)C(F)(F)F. The molecule has 0 spiro atoms. The van der Waals surface area contributed by atoms with E-state index in [4.69, 9.17) is 11.6 Å². The zero-order valence-electron chi connectivity index (χ0n) is 9.24. The summed E-state index contributed by atoms with van der Waals surface area (Å²) < 4.78 is 86.2. The minimum atomic E-state index is -5.80. The van der Waals surface area contributed by atoms with Crippen molar-refractivity contribution in [3.8, 4) is 0 Å². The number of halogens is 8. The predicted octanol–water partition coefficient (Wildman–Crippen LogP) is 4.16. The van der Waals surface area contributed by atoms with E-state index in [1.807, 2.05) is 0 Å². The second kappa shape index (κ2) is 5.47. The number of amides is 1. The molecule has 0 fully saturated rings. The lowest BCUT2D eigenvalue weighted by Gasteiger charge is -2.22. The van der Waals surface area contributed by atoms with Gasteiger partial charge in [-0.15, -0.1) is 0 Å². The van der Waals surface area contributed by atoms with Crippen LogP contribution >= 0.6 is 11.6 Å². The average molecular weight is 324 g/mol. The van der Waals surface area contributed by atoms with Gasteiger partial charge in [-0.2, -0.15) is 26.3 Å². The number of carbonyl (C=O) groups excluding carboxylic acids is 1. The second-order valence-corrected chi connectivity index (χ2v) is 4.04. The Hall–Kier alpha value is -1.51. The van der Waals surface area contributed by atoms with E-state index in [0.717, 1.165) is 6.07 Å². The van der Waals surface area contributed by atoms with E-state index in [9.17, 15) is 35.5 Å². The van der Waals surface area contributed by atoms with E-state index in [1.165, 1.54) is 5.32 Å². The summed E-state index contributed by atoms with van der Waals surface area (Å²) in [6, 6.07) is 2.16. The first-order valence-corrected chi connectivity index (χ1v) is 5.20. The molecule has 0 saturated carbocycles. The van der Waals surface area contributed by atoms with Gasteiger partial charge in [0, 0.05) is 5.69 Å². The zero-order chi connectivity index (χ0) is 15.7. The van der Waals surface area contributed by atoms with E-state index in [1.54, 1.807) is 0 Å². The number of carbonyl (C=O) groups is 1. The Labute approximate surface area is 112 Å². The highest BCUT2D eigenvalue weighted by Gasteiger charge is 2.61. The van der Waals surface area contributed by atoms with Gasteiger partial charge in [-0.1, -0.05) is 11.6 Å². The Morgan fingerprint density at radius 2 is 1.60 bits per heavy atom. The summed E-state index contributed by atoms with van der Waals surface area (Å²) >= 11 is 5.29. The topological polar surface area (TPSA) is 29.1 Å². The van der Waals surface area contributed by atoms with Crippen LogP contribution in [0, 0.1) is 11.7 Å². The van der Waals surface area contributed by atoms with Crippen molar-refractivity contribution in [2.24, 2.45) is 5.92 Å². The molecule has 0 aliphatic heterocycles. The molecule has 0 bridgehead atoms. The first-order valence-electron chi connectivity index (χ1n) is 4.82. The lowest BCUT2D eigenvalue weighted by atomic mass is 10.1. The molecule has 0 aromatic heterocycles. The van der Waals surface area contributed by atoms with Crippen LogP contribution in [-0.4, -0.2) is 18.3 Å². The second-order valence-electron chi connectivity index (χ2n) is 3.63. The number of hydrogen-bond donors (Lipinski definition) is 1. The van der Waals surface area contributed by atoms with Crippen LogP contribution in [0.3, 0.4) is 0 Å². The van der Waals surface area contributed by atoms with Crippen molar-refractivity contribution in [3.63, 3.8) is 0 Å². The summed E-state index contributed by atoms with van der Waals surface area (Å²) in [5, 5.41) is 0.836. The van der Waals surface area contributed by atoms with Crippen molar-refractivity contribution in [1.82, 2.24) is 0 Å². The fraction of sp³-hybridized carbons (Fsp3) is 0.300. The van der Waals surface area contributed by atoms with Crippen molar-refractivity contribution in [2.75, 3.05) is 5.32 Å². The van der Waals surface area contributed by atoms with Gasteiger partial charge >= 0.3 is 12.4 Å². The molecule has 1 aromatic carbocycles. The Balaban J connectivity index is 3.00. The van der Waals surface area contributed by atoms with Gasteiger partial charge in [-0.25, -0.2) is 4.39 Å². The Morgan fingerprint density at radius 1 is 1.10 bits per heavy atom. The standard InChI is InChI=1S/C10H5ClF7NO/c11-5-3-4(1-2-6(5)12)19-8(20)7(9(13,14)15)10(16,17)18/h1-3,7H,(H,19,20). The number of rotatable bonds is 2. The van der Waals surface area contributed by atoms with Gasteiger partial charge < -0.3 is 5.32 Å².